The number of nitrogens with zero attached hydrogens (tertiary/aromatic N) is 5. The Morgan fingerprint density at radius 2 is 1.96 bits per heavy atom. The summed E-state index contributed by atoms with van der Waals surface area (Å²) < 4.78 is 7.77. The molecule has 1 amide bonds. The number of hydrogen-bond donors (Lipinski definition) is 1. The molecule has 2 heterocycles. The summed E-state index contributed by atoms with van der Waals surface area (Å²) in [5.74, 6) is 1.51. The molecule has 1 aromatic carbocycles. The third-order valence-corrected chi connectivity index (χ3v) is 5.45. The monoisotopic (exact) mass is 404 g/mol. The fourth-order valence-corrected chi connectivity index (χ4v) is 3.64. The predicted molar refractivity (Wildman–Crippen MR) is 105 cm³/mol. The first-order valence-electron chi connectivity index (χ1n) is 8.27. The zero-order valence-electron chi connectivity index (χ0n) is 15.5. The van der Waals surface area contributed by atoms with Gasteiger partial charge in [-0.25, -0.2) is 0 Å². The first-order chi connectivity index (χ1) is 12.9. The topological polar surface area (TPSA) is 94.8 Å². The SMILES string of the molecule is Cc1ccc(OC(C)c2nnc(SCC(=O)Nc3nnc(C)s3)n2C)cc1. The number of carbonyl (C=O) groups excluding carboxylic acids is 1. The summed E-state index contributed by atoms with van der Waals surface area (Å²) in [6.45, 7) is 5.79. The lowest BCUT2D eigenvalue weighted by Crippen LogP contribution is -2.14. The number of aryl methyl sites for hydroxylation is 2. The molecule has 1 N–H and O–H groups in total. The summed E-state index contributed by atoms with van der Waals surface area (Å²) in [4.78, 5) is 12.0. The molecule has 0 spiro atoms. The fraction of sp³-hybridized carbons (Fsp3) is 0.353. The number of rotatable bonds is 7. The van der Waals surface area contributed by atoms with E-state index in [2.05, 4.69) is 25.7 Å². The highest BCUT2D eigenvalue weighted by Crippen LogP contribution is 2.24. The van der Waals surface area contributed by atoms with Gasteiger partial charge in [-0.15, -0.1) is 20.4 Å². The number of thioether (sulfide) groups is 1. The quantitative estimate of drug-likeness (QED) is 0.604. The molecular formula is C17H20N6O2S2. The van der Waals surface area contributed by atoms with Crippen LogP contribution in [0.5, 0.6) is 5.75 Å². The molecule has 0 aliphatic carbocycles. The summed E-state index contributed by atoms with van der Waals surface area (Å²) in [5.41, 5.74) is 1.18. The maximum Gasteiger partial charge on any atom is 0.236 e. The number of aromatic nitrogens is 5. The molecule has 8 nitrogen and oxygen atoms in total. The van der Waals surface area contributed by atoms with Crippen LogP contribution >= 0.6 is 23.1 Å². The Morgan fingerprint density at radius 3 is 2.63 bits per heavy atom. The highest BCUT2D eigenvalue weighted by molar-refractivity contribution is 7.99. The lowest BCUT2D eigenvalue weighted by Gasteiger charge is -2.14. The van der Waals surface area contributed by atoms with Crippen molar-refractivity contribution in [2.24, 2.45) is 7.05 Å². The van der Waals surface area contributed by atoms with Gasteiger partial charge in [0.05, 0.1) is 5.75 Å². The molecule has 27 heavy (non-hydrogen) atoms. The van der Waals surface area contributed by atoms with Gasteiger partial charge < -0.3 is 9.30 Å². The molecule has 0 radical (unpaired) electrons. The maximum atomic E-state index is 12.0. The van der Waals surface area contributed by atoms with Crippen LogP contribution in [0.1, 0.15) is 29.4 Å². The molecular weight excluding hydrogens is 384 g/mol. The van der Waals surface area contributed by atoms with Crippen LogP contribution in [0.3, 0.4) is 0 Å². The third-order valence-electron chi connectivity index (χ3n) is 3.67. The van der Waals surface area contributed by atoms with Gasteiger partial charge in [0.15, 0.2) is 17.1 Å². The molecule has 0 bridgehead atoms. The molecule has 0 aliphatic rings. The lowest BCUT2D eigenvalue weighted by molar-refractivity contribution is -0.113. The van der Waals surface area contributed by atoms with E-state index >= 15 is 0 Å². The number of anilines is 1. The van der Waals surface area contributed by atoms with Crippen molar-refractivity contribution in [1.29, 1.82) is 0 Å². The number of ether oxygens (including phenoxy) is 1. The zero-order valence-corrected chi connectivity index (χ0v) is 17.1. The van der Waals surface area contributed by atoms with Crippen molar-refractivity contribution in [3.63, 3.8) is 0 Å². The van der Waals surface area contributed by atoms with E-state index in [1.54, 1.807) is 0 Å². The van der Waals surface area contributed by atoms with Crippen molar-refractivity contribution in [3.8, 4) is 5.75 Å². The van der Waals surface area contributed by atoms with Crippen LogP contribution in [-0.2, 0) is 11.8 Å². The van der Waals surface area contributed by atoms with E-state index in [1.165, 1.54) is 28.7 Å². The number of benzene rings is 1. The Bertz CT molecular complexity index is 922. The Balaban J connectivity index is 1.57. The zero-order chi connectivity index (χ0) is 19.4. The molecule has 3 rings (SSSR count). The summed E-state index contributed by atoms with van der Waals surface area (Å²) in [6.07, 6.45) is -0.266. The van der Waals surface area contributed by atoms with Crippen LogP contribution < -0.4 is 10.1 Å². The number of carbonyl (C=O) groups is 1. The van der Waals surface area contributed by atoms with Gasteiger partial charge in [0.2, 0.25) is 11.0 Å². The Kier molecular flexibility index (Phi) is 6.07. The summed E-state index contributed by atoms with van der Waals surface area (Å²) in [7, 11) is 1.86. The summed E-state index contributed by atoms with van der Waals surface area (Å²) in [5, 5.41) is 20.8. The second-order valence-electron chi connectivity index (χ2n) is 5.94. The van der Waals surface area contributed by atoms with Crippen molar-refractivity contribution >= 4 is 34.1 Å². The van der Waals surface area contributed by atoms with Gasteiger partial charge in [-0.3, -0.25) is 10.1 Å². The first-order valence-corrected chi connectivity index (χ1v) is 10.1. The van der Waals surface area contributed by atoms with Crippen molar-refractivity contribution in [2.45, 2.75) is 32.0 Å². The first kappa shape index (κ1) is 19.3. The molecule has 1 unspecified atom stereocenters. The van der Waals surface area contributed by atoms with E-state index in [-0.39, 0.29) is 17.8 Å². The van der Waals surface area contributed by atoms with Crippen LogP contribution in [0.2, 0.25) is 0 Å². The fourth-order valence-electron chi connectivity index (χ4n) is 2.31. The van der Waals surface area contributed by atoms with Crippen LogP contribution in [-0.4, -0.2) is 36.6 Å². The minimum absolute atomic E-state index is 0.162. The van der Waals surface area contributed by atoms with Crippen LogP contribution in [0.4, 0.5) is 5.13 Å². The van der Waals surface area contributed by atoms with Gasteiger partial charge >= 0.3 is 0 Å². The maximum absolute atomic E-state index is 12.0. The van der Waals surface area contributed by atoms with Crippen LogP contribution in [0.15, 0.2) is 29.4 Å². The molecule has 0 aliphatic heterocycles. The van der Waals surface area contributed by atoms with Crippen LogP contribution in [0.25, 0.3) is 0 Å². The number of amides is 1. The highest BCUT2D eigenvalue weighted by Gasteiger charge is 2.18. The molecule has 3 aromatic rings. The smallest absolute Gasteiger partial charge is 0.236 e. The third kappa shape index (κ3) is 5.04. The Morgan fingerprint density at radius 1 is 1.22 bits per heavy atom. The van der Waals surface area contributed by atoms with E-state index < -0.39 is 0 Å². The van der Waals surface area contributed by atoms with E-state index in [0.717, 1.165) is 10.8 Å². The highest BCUT2D eigenvalue weighted by atomic mass is 32.2. The summed E-state index contributed by atoms with van der Waals surface area (Å²) >= 11 is 2.64. The van der Waals surface area contributed by atoms with Crippen molar-refractivity contribution in [1.82, 2.24) is 25.0 Å². The van der Waals surface area contributed by atoms with Crippen LogP contribution in [0, 0.1) is 13.8 Å². The molecule has 0 fully saturated rings. The Hall–Kier alpha value is -2.46. The van der Waals surface area contributed by atoms with Crippen molar-refractivity contribution in [2.75, 3.05) is 11.1 Å². The van der Waals surface area contributed by atoms with E-state index in [1.807, 2.05) is 56.7 Å². The van der Waals surface area contributed by atoms with Gasteiger partial charge in [0, 0.05) is 7.05 Å². The van der Waals surface area contributed by atoms with E-state index in [0.29, 0.717) is 16.1 Å². The van der Waals surface area contributed by atoms with Gasteiger partial charge in [0.25, 0.3) is 0 Å². The lowest BCUT2D eigenvalue weighted by atomic mass is 10.2. The normalized spacial score (nSPS) is 12.0. The molecule has 1 atom stereocenters. The minimum atomic E-state index is -0.266. The molecule has 10 heteroatoms. The summed E-state index contributed by atoms with van der Waals surface area (Å²) in [6, 6.07) is 7.85. The van der Waals surface area contributed by atoms with Gasteiger partial charge in [-0.2, -0.15) is 0 Å². The average molecular weight is 405 g/mol. The van der Waals surface area contributed by atoms with Crippen molar-refractivity contribution < 1.29 is 9.53 Å². The average Bonchev–Trinajstić information content (AvgIpc) is 3.20. The number of hydrogen-bond acceptors (Lipinski definition) is 8. The molecule has 142 valence electrons. The Labute approximate surface area is 165 Å². The van der Waals surface area contributed by atoms with Gasteiger partial charge in [-0.1, -0.05) is 40.8 Å². The van der Waals surface area contributed by atoms with E-state index in [4.69, 9.17) is 4.74 Å². The second kappa shape index (κ2) is 8.49. The molecule has 0 saturated heterocycles. The molecule has 2 aromatic heterocycles. The second-order valence-corrected chi connectivity index (χ2v) is 8.06. The predicted octanol–water partition coefficient (Wildman–Crippen LogP) is 3.15. The molecule has 0 saturated carbocycles. The standard InChI is InChI=1S/C17H20N6O2S2/c1-10-5-7-13(8-6-10)25-11(2)15-20-22-17(23(15)4)26-9-14(24)18-16-21-19-12(3)27-16/h5-8,11H,9H2,1-4H3,(H,18,21,24). The van der Waals surface area contributed by atoms with Gasteiger partial charge in [-0.05, 0) is 32.9 Å². The van der Waals surface area contributed by atoms with E-state index in [9.17, 15) is 4.79 Å². The van der Waals surface area contributed by atoms with Gasteiger partial charge in [0.1, 0.15) is 10.8 Å². The largest absolute Gasteiger partial charge is 0.483 e. The number of nitrogens with one attached hydrogen (secondary N) is 1. The minimum Gasteiger partial charge on any atom is -0.483 e. The van der Waals surface area contributed by atoms with Crippen molar-refractivity contribution in [3.05, 3.63) is 40.7 Å².